The van der Waals surface area contributed by atoms with Gasteiger partial charge in [0.15, 0.2) is 11.2 Å². The summed E-state index contributed by atoms with van der Waals surface area (Å²) in [4.78, 5) is 31.2. The van der Waals surface area contributed by atoms with Crippen LogP contribution in [0.25, 0.3) is 11.2 Å². The summed E-state index contributed by atoms with van der Waals surface area (Å²) >= 11 is 0. The molecule has 4 aromatic rings. The summed E-state index contributed by atoms with van der Waals surface area (Å²) in [7, 11) is 3.10. The average Bonchev–Trinajstić information content (AvgIpc) is 3.13. The van der Waals surface area contributed by atoms with Gasteiger partial charge in [-0.25, -0.2) is 14.6 Å². The lowest BCUT2D eigenvalue weighted by Gasteiger charge is -2.08. The highest BCUT2D eigenvalue weighted by molar-refractivity contribution is 5.80. The Labute approximate surface area is 175 Å². The van der Waals surface area contributed by atoms with E-state index in [9.17, 15) is 14.0 Å². The molecule has 158 valence electrons. The number of H-pyrrole nitrogens is 1. The molecule has 0 aliphatic rings. The van der Waals surface area contributed by atoms with Crippen molar-refractivity contribution in [1.29, 1.82) is 0 Å². The molecule has 0 spiro atoms. The number of hydrogen-bond acceptors (Lipinski definition) is 6. The molecule has 2 aromatic heterocycles. The Morgan fingerprint density at radius 1 is 1.16 bits per heavy atom. The van der Waals surface area contributed by atoms with Crippen LogP contribution in [-0.2, 0) is 13.6 Å². The van der Waals surface area contributed by atoms with E-state index in [-0.39, 0.29) is 29.5 Å². The van der Waals surface area contributed by atoms with Gasteiger partial charge in [0.25, 0.3) is 5.56 Å². The average molecular weight is 422 g/mol. The molecule has 2 N–H and O–H groups in total. The Morgan fingerprint density at radius 2 is 1.87 bits per heavy atom. The minimum absolute atomic E-state index is 0.202. The van der Waals surface area contributed by atoms with Crippen molar-refractivity contribution in [1.82, 2.24) is 19.1 Å². The smallest absolute Gasteiger partial charge is 0.329 e. The predicted molar refractivity (Wildman–Crippen MR) is 115 cm³/mol. The largest absolute Gasteiger partial charge is 0.497 e. The zero-order valence-electron chi connectivity index (χ0n) is 16.8. The molecule has 10 heteroatoms. The SMILES string of the molecule is COc1ccc(C=NNc2nc3c(c(=O)[nH]c(=O)n3C)n2Cc2ccc(F)cc2)cc1. The Balaban J connectivity index is 1.73. The second kappa shape index (κ2) is 8.27. The first-order valence-corrected chi connectivity index (χ1v) is 9.33. The van der Waals surface area contributed by atoms with Crippen LogP contribution >= 0.6 is 0 Å². The number of hydrogen-bond donors (Lipinski definition) is 2. The van der Waals surface area contributed by atoms with Gasteiger partial charge in [0.05, 0.1) is 19.9 Å². The van der Waals surface area contributed by atoms with E-state index in [0.717, 1.165) is 16.9 Å². The standard InChI is InChI=1S/C21H19FN6O3/c1-27-18-17(19(29)25-21(27)30)28(12-14-3-7-15(22)8-4-14)20(24-18)26-23-11-13-5-9-16(31-2)10-6-13/h3-11H,12H2,1-2H3,(H,24,26)(H,25,29,30). The highest BCUT2D eigenvalue weighted by Gasteiger charge is 2.17. The highest BCUT2D eigenvalue weighted by Crippen LogP contribution is 2.18. The number of benzene rings is 2. The molecule has 0 unspecified atom stereocenters. The van der Waals surface area contributed by atoms with Crippen molar-refractivity contribution in [3.8, 4) is 5.75 Å². The molecule has 2 heterocycles. The molecule has 0 radical (unpaired) electrons. The summed E-state index contributed by atoms with van der Waals surface area (Å²) in [5, 5.41) is 4.20. The van der Waals surface area contributed by atoms with Crippen LogP contribution in [-0.4, -0.2) is 32.4 Å². The van der Waals surface area contributed by atoms with Crippen LogP contribution in [0.3, 0.4) is 0 Å². The number of halogens is 1. The van der Waals surface area contributed by atoms with E-state index < -0.39 is 11.2 Å². The lowest BCUT2D eigenvalue weighted by Crippen LogP contribution is -2.29. The van der Waals surface area contributed by atoms with Gasteiger partial charge in [-0.3, -0.25) is 18.9 Å². The monoisotopic (exact) mass is 422 g/mol. The molecule has 0 fully saturated rings. The van der Waals surface area contributed by atoms with Gasteiger partial charge in [-0.2, -0.15) is 10.1 Å². The van der Waals surface area contributed by atoms with Crippen LogP contribution in [0.5, 0.6) is 5.75 Å². The molecule has 0 saturated carbocycles. The number of hydrazone groups is 1. The number of aromatic amines is 1. The van der Waals surface area contributed by atoms with E-state index in [4.69, 9.17) is 4.74 Å². The zero-order chi connectivity index (χ0) is 22.0. The van der Waals surface area contributed by atoms with E-state index in [1.54, 1.807) is 42.2 Å². The molecule has 0 aliphatic heterocycles. The lowest BCUT2D eigenvalue weighted by atomic mass is 10.2. The summed E-state index contributed by atoms with van der Waals surface area (Å²) in [6.45, 7) is 0.221. The zero-order valence-corrected chi connectivity index (χ0v) is 16.8. The molecule has 0 atom stereocenters. The maximum atomic E-state index is 13.3. The number of aromatic nitrogens is 4. The second-order valence-electron chi connectivity index (χ2n) is 6.78. The van der Waals surface area contributed by atoms with Crippen molar-refractivity contribution >= 4 is 23.3 Å². The van der Waals surface area contributed by atoms with E-state index in [1.165, 1.54) is 23.7 Å². The lowest BCUT2D eigenvalue weighted by molar-refractivity contribution is 0.415. The van der Waals surface area contributed by atoms with Crippen molar-refractivity contribution in [3.63, 3.8) is 0 Å². The third-order valence-electron chi connectivity index (χ3n) is 4.75. The van der Waals surface area contributed by atoms with Gasteiger partial charge in [0.1, 0.15) is 11.6 Å². The maximum absolute atomic E-state index is 13.3. The molecule has 0 bridgehead atoms. The van der Waals surface area contributed by atoms with Crippen LogP contribution in [0.1, 0.15) is 11.1 Å². The summed E-state index contributed by atoms with van der Waals surface area (Å²) in [5.41, 5.74) is 3.67. The number of nitrogens with zero attached hydrogens (tertiary/aromatic N) is 4. The fourth-order valence-electron chi connectivity index (χ4n) is 3.10. The van der Waals surface area contributed by atoms with Crippen molar-refractivity contribution < 1.29 is 9.13 Å². The summed E-state index contributed by atoms with van der Waals surface area (Å²) in [6, 6.07) is 13.2. The molecular formula is C21H19FN6O3. The quantitative estimate of drug-likeness (QED) is 0.366. The second-order valence-corrected chi connectivity index (χ2v) is 6.78. The van der Waals surface area contributed by atoms with Crippen LogP contribution in [0.4, 0.5) is 10.3 Å². The van der Waals surface area contributed by atoms with Gasteiger partial charge in [-0.05, 0) is 47.5 Å². The first-order valence-electron chi connectivity index (χ1n) is 9.33. The number of imidazole rings is 1. The van der Waals surface area contributed by atoms with Crippen molar-refractivity contribution in [2.45, 2.75) is 6.54 Å². The van der Waals surface area contributed by atoms with Gasteiger partial charge < -0.3 is 4.74 Å². The molecule has 4 rings (SSSR count). The van der Waals surface area contributed by atoms with E-state index in [2.05, 4.69) is 20.5 Å². The molecule has 31 heavy (non-hydrogen) atoms. The summed E-state index contributed by atoms with van der Waals surface area (Å²) < 4.78 is 21.2. The van der Waals surface area contributed by atoms with Gasteiger partial charge in [-0.1, -0.05) is 12.1 Å². The Morgan fingerprint density at radius 3 is 2.55 bits per heavy atom. The van der Waals surface area contributed by atoms with Crippen LogP contribution in [0.2, 0.25) is 0 Å². The topological polar surface area (TPSA) is 106 Å². The van der Waals surface area contributed by atoms with E-state index >= 15 is 0 Å². The van der Waals surface area contributed by atoms with Crippen molar-refractivity contribution in [2.24, 2.45) is 12.1 Å². The maximum Gasteiger partial charge on any atom is 0.329 e. The van der Waals surface area contributed by atoms with Gasteiger partial charge in [-0.15, -0.1) is 0 Å². The highest BCUT2D eigenvalue weighted by atomic mass is 19.1. The van der Waals surface area contributed by atoms with Crippen molar-refractivity contribution in [3.05, 3.63) is 86.3 Å². The fourth-order valence-corrected chi connectivity index (χ4v) is 3.10. The number of methoxy groups -OCH3 is 1. The first-order chi connectivity index (χ1) is 15.0. The van der Waals surface area contributed by atoms with Gasteiger partial charge >= 0.3 is 5.69 Å². The third-order valence-corrected chi connectivity index (χ3v) is 4.75. The predicted octanol–water partition coefficient (Wildman–Crippen LogP) is 2.07. The molecule has 0 saturated heterocycles. The Bertz CT molecular complexity index is 1370. The van der Waals surface area contributed by atoms with Gasteiger partial charge in [0.2, 0.25) is 5.95 Å². The summed E-state index contributed by atoms with van der Waals surface area (Å²) in [6.07, 6.45) is 1.59. The van der Waals surface area contributed by atoms with E-state index in [1.807, 2.05) is 12.1 Å². The first kappa shape index (κ1) is 20.1. The minimum atomic E-state index is -0.572. The molecule has 0 amide bonds. The Hall–Kier alpha value is -4.21. The normalized spacial score (nSPS) is 11.3. The van der Waals surface area contributed by atoms with Crippen LogP contribution in [0, 0.1) is 5.82 Å². The molecule has 2 aromatic carbocycles. The number of anilines is 1. The van der Waals surface area contributed by atoms with Crippen LogP contribution in [0.15, 0.2) is 63.2 Å². The molecule has 0 aliphatic carbocycles. The number of fused-ring (bicyclic) bond motifs is 1. The molecular weight excluding hydrogens is 403 g/mol. The van der Waals surface area contributed by atoms with Gasteiger partial charge in [0, 0.05) is 7.05 Å². The third kappa shape index (κ3) is 4.08. The van der Waals surface area contributed by atoms with Crippen LogP contribution < -0.4 is 21.4 Å². The number of rotatable bonds is 6. The summed E-state index contributed by atoms with van der Waals surface area (Å²) in [5.74, 6) is 0.629. The van der Waals surface area contributed by atoms with Crippen molar-refractivity contribution in [2.75, 3.05) is 12.5 Å². The molecule has 9 nitrogen and oxygen atoms in total. The number of aryl methyl sites for hydroxylation is 1. The number of nitrogens with one attached hydrogen (secondary N) is 2. The van der Waals surface area contributed by atoms with E-state index in [0.29, 0.717) is 0 Å². The minimum Gasteiger partial charge on any atom is -0.497 e. The Kier molecular flexibility index (Phi) is 5.35. The fraction of sp³-hybridized carbons (Fsp3) is 0.143. The number of ether oxygens (including phenoxy) is 1.